The van der Waals surface area contributed by atoms with Crippen LogP contribution in [0.1, 0.15) is 21.5 Å². The van der Waals surface area contributed by atoms with Gasteiger partial charge in [0.05, 0.1) is 11.8 Å². The van der Waals surface area contributed by atoms with Crippen LogP contribution in [0, 0.1) is 0 Å². The van der Waals surface area contributed by atoms with Crippen LogP contribution in [0.2, 0.25) is 0 Å². The zero-order chi connectivity index (χ0) is 14.5. The molecule has 0 unspecified atom stereocenters. The molecule has 3 nitrogen and oxygen atoms in total. The molecule has 3 rings (SSSR count). The van der Waals surface area contributed by atoms with E-state index in [0.717, 1.165) is 5.75 Å². The summed E-state index contributed by atoms with van der Waals surface area (Å²) < 4.78 is 5.22. The van der Waals surface area contributed by atoms with E-state index in [4.69, 9.17) is 4.52 Å². The van der Waals surface area contributed by atoms with Crippen LogP contribution in [0.4, 0.5) is 0 Å². The molecular formula is C17H13NO2S. The van der Waals surface area contributed by atoms with Crippen LogP contribution in [0.5, 0.6) is 0 Å². The predicted octanol–water partition coefficient (Wildman–Crippen LogP) is 4.20. The molecule has 0 aliphatic rings. The Kier molecular flexibility index (Phi) is 4.17. The summed E-state index contributed by atoms with van der Waals surface area (Å²) in [5.74, 6) is 0.679. The number of carbonyl (C=O) groups is 1. The third kappa shape index (κ3) is 3.23. The van der Waals surface area contributed by atoms with Gasteiger partial charge in [-0.3, -0.25) is 4.79 Å². The monoisotopic (exact) mass is 295 g/mol. The van der Waals surface area contributed by atoms with E-state index in [0.29, 0.717) is 16.2 Å². The summed E-state index contributed by atoms with van der Waals surface area (Å²) in [6, 6.07) is 19.2. The molecule has 0 amide bonds. The van der Waals surface area contributed by atoms with Crippen molar-refractivity contribution in [1.29, 1.82) is 0 Å². The summed E-state index contributed by atoms with van der Waals surface area (Å²) in [5.41, 5.74) is 2.33. The Labute approximate surface area is 127 Å². The molecule has 0 fully saturated rings. The van der Waals surface area contributed by atoms with Gasteiger partial charge in [0, 0.05) is 11.3 Å². The smallest absolute Gasteiger partial charge is 0.204 e. The van der Waals surface area contributed by atoms with Gasteiger partial charge < -0.3 is 4.52 Å². The second-order valence-electron chi connectivity index (χ2n) is 4.50. The van der Waals surface area contributed by atoms with E-state index in [9.17, 15) is 4.79 Å². The maximum absolute atomic E-state index is 12.4. The molecule has 0 spiro atoms. The van der Waals surface area contributed by atoms with Crippen molar-refractivity contribution in [3.63, 3.8) is 0 Å². The average Bonchev–Trinajstić information content (AvgIpc) is 3.02. The Bertz CT molecular complexity index is 723. The SMILES string of the molecule is O=C(c1ccccc1)c1cnoc1SCc1ccccc1. The van der Waals surface area contributed by atoms with Crippen molar-refractivity contribution >= 4 is 17.5 Å². The number of carbonyl (C=O) groups excluding carboxylic acids is 1. The van der Waals surface area contributed by atoms with Gasteiger partial charge in [0.2, 0.25) is 5.09 Å². The fourth-order valence-electron chi connectivity index (χ4n) is 1.95. The van der Waals surface area contributed by atoms with Crippen molar-refractivity contribution in [3.05, 3.63) is 83.6 Å². The van der Waals surface area contributed by atoms with E-state index in [1.165, 1.54) is 23.5 Å². The molecule has 21 heavy (non-hydrogen) atoms. The fraction of sp³-hybridized carbons (Fsp3) is 0.0588. The van der Waals surface area contributed by atoms with Crippen LogP contribution >= 0.6 is 11.8 Å². The van der Waals surface area contributed by atoms with E-state index in [-0.39, 0.29) is 5.78 Å². The summed E-state index contributed by atoms with van der Waals surface area (Å²) in [6.07, 6.45) is 1.49. The van der Waals surface area contributed by atoms with E-state index < -0.39 is 0 Å². The number of nitrogens with zero attached hydrogens (tertiary/aromatic N) is 1. The number of rotatable bonds is 5. The van der Waals surface area contributed by atoms with Crippen LogP contribution in [-0.4, -0.2) is 10.9 Å². The van der Waals surface area contributed by atoms with Crippen molar-refractivity contribution in [1.82, 2.24) is 5.16 Å². The maximum Gasteiger partial charge on any atom is 0.204 e. The molecule has 0 aliphatic carbocycles. The normalized spacial score (nSPS) is 10.5. The second kappa shape index (κ2) is 6.41. The van der Waals surface area contributed by atoms with Crippen LogP contribution in [0.3, 0.4) is 0 Å². The minimum Gasteiger partial charge on any atom is -0.349 e. The predicted molar refractivity (Wildman–Crippen MR) is 82.4 cm³/mol. The highest BCUT2D eigenvalue weighted by molar-refractivity contribution is 7.98. The zero-order valence-electron chi connectivity index (χ0n) is 11.2. The Morgan fingerprint density at radius 3 is 2.38 bits per heavy atom. The average molecular weight is 295 g/mol. The Balaban J connectivity index is 1.77. The quantitative estimate of drug-likeness (QED) is 0.522. The lowest BCUT2D eigenvalue weighted by Crippen LogP contribution is -2.00. The second-order valence-corrected chi connectivity index (χ2v) is 5.44. The van der Waals surface area contributed by atoms with Crippen LogP contribution in [0.25, 0.3) is 0 Å². The number of thioether (sulfide) groups is 1. The van der Waals surface area contributed by atoms with Crippen LogP contribution in [-0.2, 0) is 5.75 Å². The first-order valence-electron chi connectivity index (χ1n) is 6.56. The first kappa shape index (κ1) is 13.6. The first-order chi connectivity index (χ1) is 10.3. The third-order valence-electron chi connectivity index (χ3n) is 3.03. The molecule has 0 atom stereocenters. The summed E-state index contributed by atoms with van der Waals surface area (Å²) in [4.78, 5) is 12.4. The molecule has 0 aliphatic heterocycles. The molecule has 1 heterocycles. The standard InChI is InChI=1S/C17H13NO2S/c19-16(14-9-5-2-6-10-14)15-11-18-20-17(15)21-12-13-7-3-1-4-8-13/h1-11H,12H2. The van der Waals surface area contributed by atoms with Gasteiger partial charge in [-0.25, -0.2) is 0 Å². The minimum absolute atomic E-state index is 0.0626. The largest absolute Gasteiger partial charge is 0.349 e. The molecule has 0 bridgehead atoms. The van der Waals surface area contributed by atoms with Gasteiger partial charge >= 0.3 is 0 Å². The fourth-order valence-corrected chi connectivity index (χ4v) is 2.84. The summed E-state index contributed by atoms with van der Waals surface area (Å²) in [7, 11) is 0. The molecule has 0 saturated carbocycles. The van der Waals surface area contributed by atoms with E-state index >= 15 is 0 Å². The highest BCUT2D eigenvalue weighted by Crippen LogP contribution is 2.27. The van der Waals surface area contributed by atoms with Crippen molar-refractivity contribution in [2.45, 2.75) is 10.8 Å². The zero-order valence-corrected chi connectivity index (χ0v) is 12.0. The molecule has 2 aromatic carbocycles. The molecule has 0 N–H and O–H groups in total. The molecule has 4 heteroatoms. The van der Waals surface area contributed by atoms with Gasteiger partial charge in [0.25, 0.3) is 0 Å². The van der Waals surface area contributed by atoms with Gasteiger partial charge in [0.15, 0.2) is 5.78 Å². The highest BCUT2D eigenvalue weighted by atomic mass is 32.2. The van der Waals surface area contributed by atoms with Crippen molar-refractivity contribution < 1.29 is 9.32 Å². The summed E-state index contributed by atoms with van der Waals surface area (Å²) >= 11 is 1.48. The molecule has 1 aromatic heterocycles. The Morgan fingerprint density at radius 2 is 1.67 bits per heavy atom. The molecular weight excluding hydrogens is 282 g/mol. The summed E-state index contributed by atoms with van der Waals surface area (Å²) in [5, 5.41) is 4.33. The number of ketones is 1. The first-order valence-corrected chi connectivity index (χ1v) is 7.54. The van der Waals surface area contributed by atoms with E-state index in [1.54, 1.807) is 12.1 Å². The van der Waals surface area contributed by atoms with Gasteiger partial charge in [-0.05, 0) is 5.56 Å². The molecule has 104 valence electrons. The van der Waals surface area contributed by atoms with E-state index in [1.807, 2.05) is 48.5 Å². The molecule has 0 saturated heterocycles. The van der Waals surface area contributed by atoms with Crippen molar-refractivity contribution in [3.8, 4) is 0 Å². The lowest BCUT2D eigenvalue weighted by molar-refractivity contribution is 0.103. The number of hydrogen-bond donors (Lipinski definition) is 0. The van der Waals surface area contributed by atoms with Crippen molar-refractivity contribution in [2.75, 3.05) is 0 Å². The summed E-state index contributed by atoms with van der Waals surface area (Å²) in [6.45, 7) is 0. The maximum atomic E-state index is 12.4. The Morgan fingerprint density at radius 1 is 1.00 bits per heavy atom. The lowest BCUT2D eigenvalue weighted by Gasteiger charge is -2.01. The van der Waals surface area contributed by atoms with Gasteiger partial charge in [-0.1, -0.05) is 77.6 Å². The van der Waals surface area contributed by atoms with Crippen LogP contribution in [0.15, 0.2) is 76.5 Å². The lowest BCUT2D eigenvalue weighted by atomic mass is 10.1. The Hall–Kier alpha value is -2.33. The molecule has 3 aromatic rings. The van der Waals surface area contributed by atoms with Crippen LogP contribution < -0.4 is 0 Å². The third-order valence-corrected chi connectivity index (χ3v) is 4.06. The van der Waals surface area contributed by atoms with Gasteiger partial charge in [-0.2, -0.15) is 0 Å². The van der Waals surface area contributed by atoms with E-state index in [2.05, 4.69) is 5.16 Å². The van der Waals surface area contributed by atoms with Gasteiger partial charge in [-0.15, -0.1) is 0 Å². The number of benzene rings is 2. The topological polar surface area (TPSA) is 43.1 Å². The number of hydrogen-bond acceptors (Lipinski definition) is 4. The molecule has 0 radical (unpaired) electrons. The minimum atomic E-state index is -0.0626. The highest BCUT2D eigenvalue weighted by Gasteiger charge is 2.18. The number of aromatic nitrogens is 1. The van der Waals surface area contributed by atoms with Gasteiger partial charge in [0.1, 0.15) is 0 Å². The van der Waals surface area contributed by atoms with Crippen molar-refractivity contribution in [2.24, 2.45) is 0 Å².